The SMILES string of the molecule is CCCCCCCCN(C(=O)C(Cc1ccccc1)NC(=O)OC(C)(C)C)C(C(=O)NC(Cc1ccccc1)C(=O)OC(C)(C)C)c1ccc(O)cc1. The maximum Gasteiger partial charge on any atom is 0.408 e. The van der Waals surface area contributed by atoms with Crippen LogP contribution in [0.1, 0.15) is 110 Å². The smallest absolute Gasteiger partial charge is 0.408 e. The summed E-state index contributed by atoms with van der Waals surface area (Å²) in [6.07, 6.45) is 5.18. The van der Waals surface area contributed by atoms with Crippen LogP contribution in [0, 0.1) is 0 Å². The van der Waals surface area contributed by atoms with Crippen molar-refractivity contribution >= 4 is 23.9 Å². The molecular weight excluding hydrogens is 670 g/mol. The van der Waals surface area contributed by atoms with Gasteiger partial charge in [0.2, 0.25) is 11.8 Å². The second-order valence-corrected chi connectivity index (χ2v) is 15.5. The van der Waals surface area contributed by atoms with Crippen LogP contribution in [0.4, 0.5) is 4.79 Å². The molecule has 3 atom stereocenters. The van der Waals surface area contributed by atoms with Gasteiger partial charge in [0.15, 0.2) is 0 Å². The lowest BCUT2D eigenvalue weighted by Gasteiger charge is -2.35. The van der Waals surface area contributed by atoms with E-state index in [0.717, 1.165) is 43.2 Å². The van der Waals surface area contributed by atoms with Crippen LogP contribution in [-0.4, -0.2) is 63.7 Å². The number of alkyl carbamates (subject to hydrolysis) is 1. The summed E-state index contributed by atoms with van der Waals surface area (Å²) in [5, 5.41) is 15.9. The van der Waals surface area contributed by atoms with E-state index < -0.39 is 53.2 Å². The Morgan fingerprint density at radius 1 is 0.660 bits per heavy atom. The first-order valence-electron chi connectivity index (χ1n) is 18.8. The Balaban J connectivity index is 2.10. The predicted molar refractivity (Wildman–Crippen MR) is 207 cm³/mol. The van der Waals surface area contributed by atoms with Crippen LogP contribution in [0.15, 0.2) is 84.9 Å². The molecular formula is C43H59N3O7. The second-order valence-electron chi connectivity index (χ2n) is 15.5. The normalized spacial score (nSPS) is 13.3. The van der Waals surface area contributed by atoms with Crippen LogP contribution >= 0.6 is 0 Å². The van der Waals surface area contributed by atoms with Crippen molar-refractivity contribution in [2.24, 2.45) is 0 Å². The molecule has 0 aliphatic heterocycles. The van der Waals surface area contributed by atoms with Gasteiger partial charge >= 0.3 is 12.1 Å². The molecule has 0 aliphatic rings. The molecule has 3 amide bonds. The quantitative estimate of drug-likeness (QED) is 0.0898. The zero-order valence-corrected chi connectivity index (χ0v) is 32.5. The summed E-state index contributed by atoms with van der Waals surface area (Å²) in [6.45, 7) is 12.9. The molecule has 3 aromatic carbocycles. The number of benzene rings is 3. The number of aromatic hydroxyl groups is 1. The fourth-order valence-electron chi connectivity index (χ4n) is 5.92. The molecule has 3 rings (SSSR count). The highest BCUT2D eigenvalue weighted by molar-refractivity contribution is 5.94. The van der Waals surface area contributed by atoms with E-state index in [9.17, 15) is 24.3 Å². The van der Waals surface area contributed by atoms with E-state index in [2.05, 4.69) is 17.6 Å². The summed E-state index contributed by atoms with van der Waals surface area (Å²) in [6, 6.07) is 21.3. The molecule has 3 N–H and O–H groups in total. The Bertz CT molecular complexity index is 1580. The highest BCUT2D eigenvalue weighted by Gasteiger charge is 2.38. The molecule has 0 saturated heterocycles. The average Bonchev–Trinajstić information content (AvgIpc) is 3.08. The molecule has 53 heavy (non-hydrogen) atoms. The molecule has 0 aliphatic carbocycles. The number of hydrogen-bond acceptors (Lipinski definition) is 7. The maximum absolute atomic E-state index is 14.9. The fraction of sp³-hybridized carbons (Fsp3) is 0.488. The fourth-order valence-corrected chi connectivity index (χ4v) is 5.92. The number of carbonyl (C=O) groups excluding carboxylic acids is 4. The Labute approximate surface area is 315 Å². The molecule has 0 radical (unpaired) electrons. The van der Waals surface area contributed by atoms with Crippen LogP contribution in [0.25, 0.3) is 0 Å². The van der Waals surface area contributed by atoms with Crippen molar-refractivity contribution in [3.05, 3.63) is 102 Å². The number of nitrogens with one attached hydrogen (secondary N) is 2. The standard InChI is InChI=1S/C43H59N3O7/c1-8-9-10-11-12-19-28-46(39(49)35(29-31-20-15-13-16-21-31)45-41(51)53-43(5,6)7)37(33-24-26-34(47)27-25-33)38(48)44-36(40(50)52-42(2,3)4)30-32-22-17-14-18-23-32/h13-18,20-27,35-37,47H,8-12,19,28-30H2,1-7H3,(H,44,48)(H,45,51). The summed E-state index contributed by atoms with van der Waals surface area (Å²) >= 11 is 0. The molecule has 10 heteroatoms. The van der Waals surface area contributed by atoms with Crippen LogP contribution in [0.2, 0.25) is 0 Å². The van der Waals surface area contributed by atoms with E-state index in [4.69, 9.17) is 9.47 Å². The van der Waals surface area contributed by atoms with Gasteiger partial charge in [0.25, 0.3) is 0 Å². The van der Waals surface area contributed by atoms with Crippen molar-refractivity contribution in [1.82, 2.24) is 15.5 Å². The lowest BCUT2D eigenvalue weighted by Crippen LogP contribution is -2.55. The van der Waals surface area contributed by atoms with Gasteiger partial charge in [-0.15, -0.1) is 0 Å². The molecule has 10 nitrogen and oxygen atoms in total. The number of unbranched alkanes of at least 4 members (excludes halogenated alkanes) is 5. The number of phenols is 1. The van der Waals surface area contributed by atoms with Gasteiger partial charge in [-0.1, -0.05) is 112 Å². The number of hydrogen-bond donors (Lipinski definition) is 3. The zero-order chi connectivity index (χ0) is 39.0. The third kappa shape index (κ3) is 15.3. The number of esters is 1. The molecule has 3 unspecified atom stereocenters. The largest absolute Gasteiger partial charge is 0.508 e. The number of ether oxygens (including phenoxy) is 2. The second kappa shape index (κ2) is 20.4. The topological polar surface area (TPSA) is 134 Å². The number of phenolic OH excluding ortho intramolecular Hbond substituents is 1. The third-order valence-corrected chi connectivity index (χ3v) is 8.37. The summed E-state index contributed by atoms with van der Waals surface area (Å²) in [4.78, 5) is 58.0. The van der Waals surface area contributed by atoms with Crippen molar-refractivity contribution in [2.75, 3.05) is 6.54 Å². The Morgan fingerprint density at radius 3 is 1.70 bits per heavy atom. The Morgan fingerprint density at radius 2 is 1.17 bits per heavy atom. The van der Waals surface area contributed by atoms with E-state index in [1.165, 1.54) is 17.0 Å². The minimum atomic E-state index is -1.22. The lowest BCUT2D eigenvalue weighted by molar-refractivity contribution is -0.159. The number of nitrogens with zero attached hydrogens (tertiary/aromatic N) is 1. The highest BCUT2D eigenvalue weighted by atomic mass is 16.6. The van der Waals surface area contributed by atoms with Crippen LogP contribution in [-0.2, 0) is 36.7 Å². The van der Waals surface area contributed by atoms with E-state index >= 15 is 0 Å². The van der Waals surface area contributed by atoms with Gasteiger partial charge in [0.05, 0.1) is 0 Å². The number of carbonyl (C=O) groups is 4. The Kier molecular flexibility index (Phi) is 16.4. The van der Waals surface area contributed by atoms with Gasteiger partial charge in [-0.2, -0.15) is 0 Å². The van der Waals surface area contributed by atoms with E-state index in [1.54, 1.807) is 53.7 Å². The van der Waals surface area contributed by atoms with Gasteiger partial charge < -0.3 is 30.1 Å². The highest BCUT2D eigenvalue weighted by Crippen LogP contribution is 2.27. The third-order valence-electron chi connectivity index (χ3n) is 8.37. The maximum atomic E-state index is 14.9. The van der Waals surface area contributed by atoms with Crippen molar-refractivity contribution < 1.29 is 33.8 Å². The van der Waals surface area contributed by atoms with Crippen molar-refractivity contribution in [2.45, 2.75) is 129 Å². The van der Waals surface area contributed by atoms with E-state index in [1.807, 2.05) is 60.7 Å². The number of rotatable bonds is 18. The van der Waals surface area contributed by atoms with E-state index in [-0.39, 0.29) is 25.1 Å². The predicted octanol–water partition coefficient (Wildman–Crippen LogP) is 7.83. The first-order chi connectivity index (χ1) is 25.1. The van der Waals surface area contributed by atoms with Gasteiger partial charge in [-0.25, -0.2) is 9.59 Å². The lowest BCUT2D eigenvalue weighted by atomic mass is 9.98. The summed E-state index contributed by atoms with van der Waals surface area (Å²) in [5.41, 5.74) is 0.421. The van der Waals surface area contributed by atoms with E-state index in [0.29, 0.717) is 12.0 Å². The average molecular weight is 730 g/mol. The monoisotopic (exact) mass is 729 g/mol. The molecule has 3 aromatic rings. The van der Waals surface area contributed by atoms with Gasteiger partial charge in [-0.05, 0) is 76.8 Å². The van der Waals surface area contributed by atoms with Crippen molar-refractivity contribution in [1.29, 1.82) is 0 Å². The van der Waals surface area contributed by atoms with Crippen molar-refractivity contribution in [3.63, 3.8) is 0 Å². The van der Waals surface area contributed by atoms with Crippen molar-refractivity contribution in [3.8, 4) is 5.75 Å². The van der Waals surface area contributed by atoms with Crippen LogP contribution in [0.5, 0.6) is 5.75 Å². The molecule has 0 saturated carbocycles. The van der Waals surface area contributed by atoms with Gasteiger partial charge in [0, 0.05) is 19.4 Å². The molecule has 0 heterocycles. The summed E-state index contributed by atoms with van der Waals surface area (Å²) in [5.74, 6) is -1.71. The molecule has 0 bridgehead atoms. The molecule has 0 aromatic heterocycles. The molecule has 288 valence electrons. The van der Waals surface area contributed by atoms with Gasteiger partial charge in [-0.3, -0.25) is 9.59 Å². The Hall–Kier alpha value is -4.86. The first kappa shape index (κ1) is 42.6. The first-order valence-corrected chi connectivity index (χ1v) is 18.8. The molecule has 0 spiro atoms. The summed E-state index contributed by atoms with van der Waals surface area (Å²) < 4.78 is 11.3. The zero-order valence-electron chi connectivity index (χ0n) is 32.5. The van der Waals surface area contributed by atoms with Gasteiger partial charge in [0.1, 0.15) is 35.1 Å². The molecule has 0 fully saturated rings. The van der Waals surface area contributed by atoms with Crippen LogP contribution in [0.3, 0.4) is 0 Å². The summed E-state index contributed by atoms with van der Waals surface area (Å²) in [7, 11) is 0. The minimum absolute atomic E-state index is 0.00837. The number of amides is 3. The van der Waals surface area contributed by atoms with Crippen LogP contribution < -0.4 is 10.6 Å². The minimum Gasteiger partial charge on any atom is -0.508 e.